The van der Waals surface area contributed by atoms with Gasteiger partial charge in [0.05, 0.1) is 33.6 Å². The molecule has 11 aromatic rings. The molecule has 0 saturated heterocycles. The van der Waals surface area contributed by atoms with Crippen molar-refractivity contribution in [1.29, 1.82) is 0 Å². The topological polar surface area (TPSA) is 43.6 Å². The summed E-state index contributed by atoms with van der Waals surface area (Å²) in [6.07, 6.45) is 0. The third-order valence-electron chi connectivity index (χ3n) is 11.2. The summed E-state index contributed by atoms with van der Waals surface area (Å²) in [4.78, 5) is 15.5. The lowest BCUT2D eigenvalue weighted by Crippen LogP contribution is -1.96. The third-order valence-corrected chi connectivity index (χ3v) is 11.2. The van der Waals surface area contributed by atoms with Crippen molar-refractivity contribution in [2.75, 3.05) is 0 Å². The van der Waals surface area contributed by atoms with Gasteiger partial charge in [-0.05, 0) is 52.6 Å². The summed E-state index contributed by atoms with van der Waals surface area (Å²) in [5.41, 5.74) is 15.9. The summed E-state index contributed by atoms with van der Waals surface area (Å²) in [6, 6.07) is 76.6. The quantitative estimate of drug-likeness (QED) is 0.163. The first-order valence-electron chi connectivity index (χ1n) is 19.9. The minimum absolute atomic E-state index is 0.691. The Morgan fingerprint density at radius 1 is 0.322 bits per heavy atom. The molecule has 0 bridgehead atoms. The Labute approximate surface area is 342 Å². The molecule has 11 rings (SSSR count). The number of benzene rings is 8. The van der Waals surface area contributed by atoms with Crippen molar-refractivity contribution in [3.05, 3.63) is 218 Å². The van der Waals surface area contributed by atoms with Crippen molar-refractivity contribution in [1.82, 2.24) is 19.5 Å². The molecule has 0 fully saturated rings. The van der Waals surface area contributed by atoms with E-state index in [9.17, 15) is 0 Å². The van der Waals surface area contributed by atoms with Gasteiger partial charge in [-0.2, -0.15) is 0 Å². The number of hydrogen-bond donors (Lipinski definition) is 0. The first kappa shape index (κ1) is 34.3. The van der Waals surface area contributed by atoms with Crippen molar-refractivity contribution in [3.8, 4) is 73.1 Å². The zero-order valence-electron chi connectivity index (χ0n) is 32.1. The van der Waals surface area contributed by atoms with Crippen LogP contribution in [-0.2, 0) is 0 Å². The average molecular weight is 753 g/mol. The van der Waals surface area contributed by atoms with Gasteiger partial charge in [0.25, 0.3) is 0 Å². The lowest BCUT2D eigenvalue weighted by atomic mass is 9.98. The van der Waals surface area contributed by atoms with Crippen LogP contribution in [0.4, 0.5) is 0 Å². The molecule has 0 spiro atoms. The maximum atomic E-state index is 5.33. The average Bonchev–Trinajstić information content (AvgIpc) is 3.68. The van der Waals surface area contributed by atoms with Crippen LogP contribution in [0.25, 0.3) is 106 Å². The van der Waals surface area contributed by atoms with Crippen LogP contribution >= 0.6 is 0 Å². The first-order chi connectivity index (χ1) is 29.2. The molecule has 0 radical (unpaired) electrons. The Bertz CT molecular complexity index is 3260. The SMILES string of the molecule is c1ccc(-c2ccc(-c3cc(-c4ccccc4)nc(-c4ccc(-c5ccc(-c6nc7ccccc7c7c6c6ccccc6n7-c6ccccc6)cc5)cc4)n3)cc2)cc1. The molecule has 276 valence electrons. The molecular weight excluding hydrogens is 717 g/mol. The predicted octanol–water partition coefficient (Wildman–Crippen LogP) is 14.1. The summed E-state index contributed by atoms with van der Waals surface area (Å²) >= 11 is 0. The van der Waals surface area contributed by atoms with E-state index in [2.05, 4.69) is 199 Å². The van der Waals surface area contributed by atoms with Crippen LogP contribution in [0.3, 0.4) is 0 Å². The molecule has 4 nitrogen and oxygen atoms in total. The van der Waals surface area contributed by atoms with E-state index in [-0.39, 0.29) is 0 Å². The van der Waals surface area contributed by atoms with Gasteiger partial charge in [0, 0.05) is 44.1 Å². The number of hydrogen-bond acceptors (Lipinski definition) is 3. The van der Waals surface area contributed by atoms with Crippen molar-refractivity contribution in [2.45, 2.75) is 0 Å². The molecule has 4 heteroatoms. The molecule has 3 aromatic heterocycles. The fourth-order valence-electron chi connectivity index (χ4n) is 8.31. The third kappa shape index (κ3) is 6.24. The van der Waals surface area contributed by atoms with Gasteiger partial charge in [-0.1, -0.05) is 188 Å². The summed E-state index contributed by atoms with van der Waals surface area (Å²) in [5.74, 6) is 0.691. The molecule has 0 amide bonds. The minimum Gasteiger partial charge on any atom is -0.308 e. The van der Waals surface area contributed by atoms with E-state index in [0.29, 0.717) is 5.82 Å². The number of pyridine rings is 1. The number of aromatic nitrogens is 4. The van der Waals surface area contributed by atoms with Crippen molar-refractivity contribution in [2.24, 2.45) is 0 Å². The molecule has 0 saturated carbocycles. The Morgan fingerprint density at radius 2 is 0.763 bits per heavy atom. The highest BCUT2D eigenvalue weighted by atomic mass is 15.0. The van der Waals surface area contributed by atoms with Gasteiger partial charge in [0.15, 0.2) is 5.82 Å². The molecular formula is C55H36N4. The number of fused-ring (bicyclic) bond motifs is 5. The molecule has 0 unspecified atom stereocenters. The molecule has 59 heavy (non-hydrogen) atoms. The second-order valence-corrected chi connectivity index (χ2v) is 14.8. The van der Waals surface area contributed by atoms with Crippen LogP contribution in [0.5, 0.6) is 0 Å². The summed E-state index contributed by atoms with van der Waals surface area (Å²) < 4.78 is 2.39. The normalized spacial score (nSPS) is 11.4. The van der Waals surface area contributed by atoms with Gasteiger partial charge in [-0.25, -0.2) is 15.0 Å². The van der Waals surface area contributed by atoms with E-state index in [0.717, 1.165) is 78.0 Å². The van der Waals surface area contributed by atoms with Crippen LogP contribution in [0.2, 0.25) is 0 Å². The Hall–Kier alpha value is -7.95. The smallest absolute Gasteiger partial charge is 0.160 e. The van der Waals surface area contributed by atoms with Crippen molar-refractivity contribution >= 4 is 32.7 Å². The molecule has 0 aliphatic rings. The van der Waals surface area contributed by atoms with Gasteiger partial charge >= 0.3 is 0 Å². The molecule has 0 aliphatic heterocycles. The maximum Gasteiger partial charge on any atom is 0.160 e. The molecule has 8 aromatic carbocycles. The second kappa shape index (κ2) is 14.5. The minimum atomic E-state index is 0.691. The number of rotatable bonds is 7. The van der Waals surface area contributed by atoms with Crippen LogP contribution in [0.15, 0.2) is 218 Å². The summed E-state index contributed by atoms with van der Waals surface area (Å²) in [5, 5.41) is 3.48. The highest BCUT2D eigenvalue weighted by Gasteiger charge is 2.20. The van der Waals surface area contributed by atoms with E-state index < -0.39 is 0 Å². The Balaban J connectivity index is 0.960. The van der Waals surface area contributed by atoms with Crippen LogP contribution < -0.4 is 0 Å². The molecule has 0 aliphatic carbocycles. The van der Waals surface area contributed by atoms with Crippen LogP contribution in [0, 0.1) is 0 Å². The fraction of sp³-hybridized carbons (Fsp3) is 0. The predicted molar refractivity (Wildman–Crippen MR) is 244 cm³/mol. The fourth-order valence-corrected chi connectivity index (χ4v) is 8.31. The second-order valence-electron chi connectivity index (χ2n) is 14.8. The van der Waals surface area contributed by atoms with E-state index in [4.69, 9.17) is 15.0 Å². The highest BCUT2D eigenvalue weighted by molar-refractivity contribution is 6.22. The van der Waals surface area contributed by atoms with Gasteiger partial charge < -0.3 is 4.57 Å². The van der Waals surface area contributed by atoms with E-state index in [1.807, 2.05) is 24.3 Å². The molecule has 3 heterocycles. The number of para-hydroxylation sites is 3. The Morgan fingerprint density at radius 3 is 1.39 bits per heavy atom. The summed E-state index contributed by atoms with van der Waals surface area (Å²) in [7, 11) is 0. The summed E-state index contributed by atoms with van der Waals surface area (Å²) in [6.45, 7) is 0. The number of nitrogens with zero attached hydrogens (tertiary/aromatic N) is 4. The largest absolute Gasteiger partial charge is 0.308 e. The highest BCUT2D eigenvalue weighted by Crippen LogP contribution is 2.41. The molecule has 0 N–H and O–H groups in total. The van der Waals surface area contributed by atoms with Gasteiger partial charge in [-0.15, -0.1) is 0 Å². The van der Waals surface area contributed by atoms with Gasteiger partial charge in [0.2, 0.25) is 0 Å². The van der Waals surface area contributed by atoms with E-state index in [1.54, 1.807) is 0 Å². The standard InChI is InChI=1S/C55H36N4/c1-4-14-37(15-5-1)38-24-30-42(31-25-38)50-36-49(41-16-6-2-7-17-41)57-55(58-50)44-34-28-40(29-35-44)39-26-32-43(33-27-39)53-52-47-21-11-13-23-51(47)59(45-18-8-3-9-19-45)54(52)46-20-10-12-22-48(46)56-53/h1-36H. The lowest BCUT2D eigenvalue weighted by molar-refractivity contribution is 1.18. The first-order valence-corrected chi connectivity index (χ1v) is 19.9. The molecule has 0 atom stereocenters. The van der Waals surface area contributed by atoms with Gasteiger partial charge in [-0.3, -0.25) is 0 Å². The Kier molecular flexibility index (Phi) is 8.45. The van der Waals surface area contributed by atoms with E-state index >= 15 is 0 Å². The van der Waals surface area contributed by atoms with Crippen LogP contribution in [-0.4, -0.2) is 19.5 Å². The lowest BCUT2D eigenvalue weighted by Gasteiger charge is -2.12. The van der Waals surface area contributed by atoms with Crippen molar-refractivity contribution in [3.63, 3.8) is 0 Å². The zero-order chi connectivity index (χ0) is 39.1. The van der Waals surface area contributed by atoms with E-state index in [1.165, 1.54) is 22.0 Å². The maximum absolute atomic E-state index is 5.33. The van der Waals surface area contributed by atoms with Gasteiger partial charge in [0.1, 0.15) is 0 Å². The zero-order valence-corrected chi connectivity index (χ0v) is 32.1. The monoisotopic (exact) mass is 752 g/mol. The van der Waals surface area contributed by atoms with Crippen LogP contribution in [0.1, 0.15) is 0 Å². The van der Waals surface area contributed by atoms with Crippen molar-refractivity contribution < 1.29 is 0 Å².